The first-order chi connectivity index (χ1) is 10.7. The summed E-state index contributed by atoms with van der Waals surface area (Å²) in [7, 11) is 1.54. The quantitative estimate of drug-likeness (QED) is 0.670. The summed E-state index contributed by atoms with van der Waals surface area (Å²) in [6.45, 7) is 2.98. The number of nitrogens with one attached hydrogen (secondary N) is 1. The number of carbonyl (C=O) groups is 2. The van der Waals surface area contributed by atoms with Crippen molar-refractivity contribution in [2.45, 2.75) is 24.9 Å². The zero-order valence-electron chi connectivity index (χ0n) is 12.8. The van der Waals surface area contributed by atoms with Crippen molar-refractivity contribution in [1.82, 2.24) is 10.2 Å². The Balaban J connectivity index is 1.74. The molecule has 0 saturated carbocycles. The lowest BCUT2D eigenvalue weighted by molar-refractivity contribution is -0.162. The van der Waals surface area contributed by atoms with E-state index in [0.29, 0.717) is 11.5 Å². The van der Waals surface area contributed by atoms with Crippen molar-refractivity contribution >= 4 is 11.9 Å². The number of likely N-dealkylation sites (N-methyl/N-ethyl adjacent to an activating group) is 1. The fraction of sp³-hybridized carbons (Fsp3) is 0.529. The lowest BCUT2D eigenvalue weighted by Gasteiger charge is -2.44. The van der Waals surface area contributed by atoms with Gasteiger partial charge in [-0.05, 0) is 37.4 Å². The van der Waals surface area contributed by atoms with E-state index in [-0.39, 0.29) is 12.0 Å². The minimum Gasteiger partial charge on any atom is -0.460 e. The van der Waals surface area contributed by atoms with E-state index in [1.165, 1.54) is 0 Å². The van der Waals surface area contributed by atoms with Gasteiger partial charge in [-0.15, -0.1) is 0 Å². The summed E-state index contributed by atoms with van der Waals surface area (Å²) in [4.78, 5) is 27.0. The van der Waals surface area contributed by atoms with Crippen molar-refractivity contribution in [1.29, 1.82) is 0 Å². The van der Waals surface area contributed by atoms with Crippen LogP contribution >= 0.6 is 0 Å². The number of nitrogens with zero attached hydrogens (tertiary/aromatic N) is 1. The fourth-order valence-corrected chi connectivity index (χ4v) is 3.45. The van der Waals surface area contributed by atoms with Gasteiger partial charge in [-0.1, -0.05) is 30.3 Å². The van der Waals surface area contributed by atoms with Crippen molar-refractivity contribution in [2.75, 3.05) is 26.7 Å². The number of hydrogen-bond acceptors (Lipinski definition) is 4. The summed E-state index contributed by atoms with van der Waals surface area (Å²) in [5.41, 5.74) is 0.674. The second-order valence-corrected chi connectivity index (χ2v) is 6.07. The van der Waals surface area contributed by atoms with Crippen LogP contribution in [0, 0.1) is 5.92 Å². The molecule has 1 aromatic rings. The molecule has 2 unspecified atom stereocenters. The normalized spacial score (nSPS) is 28.0. The third kappa shape index (κ3) is 2.99. The van der Waals surface area contributed by atoms with Gasteiger partial charge in [0.25, 0.3) is 0 Å². The van der Waals surface area contributed by atoms with Crippen molar-refractivity contribution in [3.63, 3.8) is 0 Å². The van der Waals surface area contributed by atoms with Crippen LogP contribution in [0.1, 0.15) is 24.3 Å². The van der Waals surface area contributed by atoms with Gasteiger partial charge in [0.1, 0.15) is 6.10 Å². The molecule has 0 radical (unpaired) electrons. The number of ether oxygens (including phenoxy) is 1. The molecule has 3 fully saturated rings. The summed E-state index contributed by atoms with van der Waals surface area (Å²) in [6, 6.07) is 9.10. The maximum absolute atomic E-state index is 12.6. The Labute approximate surface area is 130 Å². The second kappa shape index (κ2) is 6.48. The average molecular weight is 302 g/mol. The van der Waals surface area contributed by atoms with Crippen LogP contribution in [0.25, 0.3) is 0 Å². The monoisotopic (exact) mass is 302 g/mol. The molecule has 2 bridgehead atoms. The second-order valence-electron chi connectivity index (χ2n) is 6.07. The Morgan fingerprint density at radius 2 is 1.91 bits per heavy atom. The molecule has 0 aliphatic carbocycles. The fourth-order valence-electron chi connectivity index (χ4n) is 3.45. The highest BCUT2D eigenvalue weighted by Crippen LogP contribution is 2.31. The molecule has 5 heteroatoms. The Hall–Kier alpha value is -1.88. The van der Waals surface area contributed by atoms with Gasteiger partial charge in [0.15, 0.2) is 5.92 Å². The van der Waals surface area contributed by atoms with E-state index in [1.807, 2.05) is 18.2 Å². The molecule has 2 atom stereocenters. The van der Waals surface area contributed by atoms with Gasteiger partial charge in [-0.3, -0.25) is 14.5 Å². The lowest BCUT2D eigenvalue weighted by Crippen LogP contribution is -2.52. The third-order valence-corrected chi connectivity index (χ3v) is 4.74. The van der Waals surface area contributed by atoms with Crippen LogP contribution in [0.15, 0.2) is 30.3 Å². The highest BCUT2D eigenvalue weighted by Gasteiger charge is 2.39. The molecule has 5 nitrogen and oxygen atoms in total. The third-order valence-electron chi connectivity index (χ3n) is 4.74. The number of fused-ring (bicyclic) bond motifs is 3. The number of carbonyl (C=O) groups excluding carboxylic acids is 2. The van der Waals surface area contributed by atoms with Gasteiger partial charge in [0.2, 0.25) is 5.91 Å². The highest BCUT2D eigenvalue weighted by atomic mass is 16.5. The van der Waals surface area contributed by atoms with Crippen LogP contribution in [0.4, 0.5) is 0 Å². The summed E-state index contributed by atoms with van der Waals surface area (Å²) in [6.07, 6.45) is 2.08. The van der Waals surface area contributed by atoms with Crippen molar-refractivity contribution in [3.8, 4) is 0 Å². The Morgan fingerprint density at radius 3 is 2.45 bits per heavy atom. The first kappa shape index (κ1) is 15.0. The van der Waals surface area contributed by atoms with Crippen LogP contribution in [0.2, 0.25) is 0 Å². The van der Waals surface area contributed by atoms with Gasteiger partial charge >= 0.3 is 5.97 Å². The Bertz CT molecular complexity index is 538. The topological polar surface area (TPSA) is 58.6 Å². The molecule has 3 heterocycles. The SMILES string of the molecule is CNC(=O)C(C(=O)OC1CN2CCC1CC2)c1ccccc1. The van der Waals surface area contributed by atoms with Gasteiger partial charge in [0, 0.05) is 13.6 Å². The first-order valence-electron chi connectivity index (χ1n) is 7.88. The molecule has 0 aromatic heterocycles. The molecule has 22 heavy (non-hydrogen) atoms. The summed E-state index contributed by atoms with van der Waals surface area (Å²) in [5, 5.41) is 2.57. The minimum absolute atomic E-state index is 0.0779. The highest BCUT2D eigenvalue weighted by molar-refractivity contribution is 6.03. The molecule has 1 aromatic carbocycles. The number of rotatable bonds is 4. The standard InChI is InChI=1S/C17H22N2O3/c1-18-16(20)15(13-5-3-2-4-6-13)17(21)22-14-11-19-9-7-12(14)8-10-19/h2-6,12,14-15H,7-11H2,1H3,(H,18,20). The molecular formula is C17H22N2O3. The molecule has 3 aliphatic heterocycles. The molecular weight excluding hydrogens is 280 g/mol. The molecule has 118 valence electrons. The van der Waals surface area contributed by atoms with Gasteiger partial charge in [-0.25, -0.2) is 0 Å². The maximum atomic E-state index is 12.6. The van der Waals surface area contributed by atoms with E-state index in [2.05, 4.69) is 10.2 Å². The van der Waals surface area contributed by atoms with Crippen LogP contribution in [0.3, 0.4) is 0 Å². The van der Waals surface area contributed by atoms with E-state index >= 15 is 0 Å². The van der Waals surface area contributed by atoms with Crippen molar-refractivity contribution in [2.24, 2.45) is 5.92 Å². The summed E-state index contributed by atoms with van der Waals surface area (Å²) < 4.78 is 5.72. The Kier molecular flexibility index (Phi) is 4.43. The molecule has 3 saturated heterocycles. The van der Waals surface area contributed by atoms with E-state index in [1.54, 1.807) is 19.2 Å². The van der Waals surface area contributed by atoms with Crippen LogP contribution in [-0.2, 0) is 14.3 Å². The molecule has 3 aliphatic rings. The lowest BCUT2D eigenvalue weighted by atomic mass is 9.85. The van der Waals surface area contributed by atoms with Crippen LogP contribution in [-0.4, -0.2) is 49.6 Å². The van der Waals surface area contributed by atoms with Crippen LogP contribution < -0.4 is 5.32 Å². The molecule has 0 spiro atoms. The van der Waals surface area contributed by atoms with E-state index in [9.17, 15) is 9.59 Å². The van der Waals surface area contributed by atoms with Crippen molar-refractivity contribution in [3.05, 3.63) is 35.9 Å². The van der Waals surface area contributed by atoms with Gasteiger partial charge in [-0.2, -0.15) is 0 Å². The van der Waals surface area contributed by atoms with Crippen LogP contribution in [0.5, 0.6) is 0 Å². The first-order valence-corrected chi connectivity index (χ1v) is 7.88. The predicted molar refractivity (Wildman–Crippen MR) is 82.3 cm³/mol. The zero-order chi connectivity index (χ0) is 15.5. The predicted octanol–water partition coefficient (Wildman–Crippen LogP) is 1.15. The van der Waals surface area contributed by atoms with E-state index < -0.39 is 11.9 Å². The van der Waals surface area contributed by atoms with E-state index in [0.717, 1.165) is 32.5 Å². The average Bonchev–Trinajstić information content (AvgIpc) is 2.57. The van der Waals surface area contributed by atoms with Crippen molar-refractivity contribution < 1.29 is 14.3 Å². The summed E-state index contributed by atoms with van der Waals surface area (Å²) >= 11 is 0. The number of piperidine rings is 3. The largest absolute Gasteiger partial charge is 0.460 e. The van der Waals surface area contributed by atoms with Gasteiger partial charge < -0.3 is 10.1 Å². The number of benzene rings is 1. The molecule has 1 amide bonds. The number of amides is 1. The minimum atomic E-state index is -0.887. The number of esters is 1. The maximum Gasteiger partial charge on any atom is 0.323 e. The zero-order valence-corrected chi connectivity index (χ0v) is 12.8. The van der Waals surface area contributed by atoms with Gasteiger partial charge in [0.05, 0.1) is 0 Å². The summed E-state index contributed by atoms with van der Waals surface area (Å²) in [5.74, 6) is -1.21. The van der Waals surface area contributed by atoms with E-state index in [4.69, 9.17) is 4.74 Å². The molecule has 1 N–H and O–H groups in total. The number of hydrogen-bond donors (Lipinski definition) is 1. The molecule has 4 rings (SSSR count). The smallest absolute Gasteiger partial charge is 0.323 e. The Morgan fingerprint density at radius 1 is 1.23 bits per heavy atom.